The minimum atomic E-state index is 0.354. The Morgan fingerprint density at radius 2 is 2.33 bits per heavy atom. The molecule has 2 heterocycles. The smallest absolute Gasteiger partial charge is 0.0809 e. The number of pyridine rings is 1. The van der Waals surface area contributed by atoms with E-state index in [1.54, 1.807) is 18.4 Å². The van der Waals surface area contributed by atoms with Crippen LogP contribution < -0.4 is 5.32 Å². The molecule has 4 heteroatoms. The van der Waals surface area contributed by atoms with Crippen LogP contribution in [-0.2, 0) is 4.74 Å². The number of thiophene rings is 1. The number of fused-ring (bicyclic) bond motifs is 1. The van der Waals surface area contributed by atoms with Gasteiger partial charge in [0, 0.05) is 25.4 Å². The molecule has 18 heavy (non-hydrogen) atoms. The second-order valence-corrected chi connectivity index (χ2v) is 5.93. The number of ether oxygens (including phenoxy) is 1. The summed E-state index contributed by atoms with van der Waals surface area (Å²) >= 11 is 1.75. The summed E-state index contributed by atoms with van der Waals surface area (Å²) in [5.74, 6) is 0. The molecule has 0 bridgehead atoms. The van der Waals surface area contributed by atoms with Gasteiger partial charge in [-0.1, -0.05) is 0 Å². The van der Waals surface area contributed by atoms with Gasteiger partial charge in [0.15, 0.2) is 0 Å². The van der Waals surface area contributed by atoms with E-state index in [9.17, 15) is 0 Å². The third-order valence-corrected chi connectivity index (χ3v) is 4.59. The molecule has 1 N–H and O–H groups in total. The molecule has 2 aromatic rings. The first-order chi connectivity index (χ1) is 8.76. The highest BCUT2D eigenvalue weighted by Gasteiger charge is 2.29. The van der Waals surface area contributed by atoms with E-state index in [0.29, 0.717) is 18.2 Å². The van der Waals surface area contributed by atoms with E-state index < -0.39 is 0 Å². The first kappa shape index (κ1) is 12.1. The summed E-state index contributed by atoms with van der Waals surface area (Å²) in [6, 6.07) is 5.25. The molecule has 1 saturated carbocycles. The summed E-state index contributed by atoms with van der Waals surface area (Å²) < 4.78 is 6.57. The van der Waals surface area contributed by atoms with Crippen molar-refractivity contribution in [1.82, 2.24) is 10.3 Å². The zero-order valence-corrected chi connectivity index (χ0v) is 11.5. The molecule has 0 aromatic carbocycles. The van der Waals surface area contributed by atoms with Gasteiger partial charge in [0.2, 0.25) is 0 Å². The maximum Gasteiger partial charge on any atom is 0.0809 e. The molecular formula is C14H18N2OS. The lowest BCUT2D eigenvalue weighted by atomic mass is 9.88. The Morgan fingerprint density at radius 3 is 3.11 bits per heavy atom. The van der Waals surface area contributed by atoms with E-state index in [1.165, 1.54) is 10.3 Å². The van der Waals surface area contributed by atoms with Gasteiger partial charge in [0.25, 0.3) is 0 Å². The van der Waals surface area contributed by atoms with Crippen molar-refractivity contribution in [3.8, 4) is 0 Å². The standard InChI is InChI=1S/C14H18N2OS/c1-9(16-11-6-12(7-11)17-2)10-5-14-13(15-8-10)3-4-18-14/h3-5,8-9,11-12,16H,6-7H2,1-2H3. The summed E-state index contributed by atoms with van der Waals surface area (Å²) in [5.41, 5.74) is 2.37. The molecule has 0 aliphatic heterocycles. The van der Waals surface area contributed by atoms with Gasteiger partial charge in [0.1, 0.15) is 0 Å². The van der Waals surface area contributed by atoms with Crippen molar-refractivity contribution in [3.05, 3.63) is 29.3 Å². The van der Waals surface area contributed by atoms with Crippen molar-refractivity contribution in [2.24, 2.45) is 0 Å². The van der Waals surface area contributed by atoms with E-state index in [-0.39, 0.29) is 0 Å². The van der Waals surface area contributed by atoms with Crippen molar-refractivity contribution in [1.29, 1.82) is 0 Å². The van der Waals surface area contributed by atoms with E-state index >= 15 is 0 Å². The molecule has 1 unspecified atom stereocenters. The fraction of sp³-hybridized carbons (Fsp3) is 0.500. The lowest BCUT2D eigenvalue weighted by molar-refractivity contribution is 0.0147. The molecule has 0 radical (unpaired) electrons. The van der Waals surface area contributed by atoms with Gasteiger partial charge >= 0.3 is 0 Å². The Labute approximate surface area is 111 Å². The molecule has 0 saturated heterocycles. The highest BCUT2D eigenvalue weighted by atomic mass is 32.1. The van der Waals surface area contributed by atoms with Gasteiger partial charge in [-0.2, -0.15) is 0 Å². The van der Waals surface area contributed by atoms with Gasteiger partial charge in [0.05, 0.1) is 16.3 Å². The van der Waals surface area contributed by atoms with Gasteiger partial charge < -0.3 is 10.1 Å². The zero-order valence-electron chi connectivity index (χ0n) is 10.7. The van der Waals surface area contributed by atoms with Crippen LogP contribution in [0.1, 0.15) is 31.4 Å². The lowest BCUT2D eigenvalue weighted by Gasteiger charge is -2.36. The Hall–Kier alpha value is -0.970. The van der Waals surface area contributed by atoms with E-state index in [2.05, 4.69) is 34.7 Å². The summed E-state index contributed by atoms with van der Waals surface area (Å²) in [5, 5.41) is 5.73. The quantitative estimate of drug-likeness (QED) is 0.919. The Bertz CT molecular complexity index is 533. The van der Waals surface area contributed by atoms with Gasteiger partial charge in [-0.3, -0.25) is 4.98 Å². The van der Waals surface area contributed by atoms with E-state index in [0.717, 1.165) is 18.4 Å². The fourth-order valence-electron chi connectivity index (χ4n) is 2.44. The first-order valence-electron chi connectivity index (χ1n) is 6.38. The molecular weight excluding hydrogens is 244 g/mol. The molecule has 0 spiro atoms. The predicted molar refractivity (Wildman–Crippen MR) is 75.0 cm³/mol. The number of aromatic nitrogens is 1. The van der Waals surface area contributed by atoms with Crippen molar-refractivity contribution >= 4 is 21.6 Å². The average molecular weight is 262 g/mol. The van der Waals surface area contributed by atoms with Crippen molar-refractivity contribution < 1.29 is 4.74 Å². The molecule has 3 nitrogen and oxygen atoms in total. The van der Waals surface area contributed by atoms with Crippen LogP contribution in [0.5, 0.6) is 0 Å². The maximum absolute atomic E-state index is 5.30. The fourth-order valence-corrected chi connectivity index (χ4v) is 3.23. The summed E-state index contributed by atoms with van der Waals surface area (Å²) in [7, 11) is 1.79. The largest absolute Gasteiger partial charge is 0.381 e. The molecule has 0 amide bonds. The summed E-state index contributed by atoms with van der Waals surface area (Å²) in [4.78, 5) is 4.49. The topological polar surface area (TPSA) is 34.1 Å². The van der Waals surface area contributed by atoms with E-state index in [1.807, 2.05) is 6.20 Å². The third kappa shape index (κ3) is 2.28. The van der Waals surface area contributed by atoms with E-state index in [4.69, 9.17) is 4.74 Å². The summed E-state index contributed by atoms with van der Waals surface area (Å²) in [6.07, 6.45) is 4.68. The SMILES string of the molecule is COC1CC(NC(C)c2cnc3ccsc3c2)C1. The molecule has 1 aliphatic rings. The Balaban J connectivity index is 1.66. The molecule has 96 valence electrons. The second kappa shape index (κ2) is 4.96. The number of hydrogen-bond acceptors (Lipinski definition) is 4. The maximum atomic E-state index is 5.30. The Morgan fingerprint density at radius 1 is 1.50 bits per heavy atom. The number of rotatable bonds is 4. The molecule has 1 atom stereocenters. The average Bonchev–Trinajstić information content (AvgIpc) is 2.79. The summed E-state index contributed by atoms with van der Waals surface area (Å²) in [6.45, 7) is 2.20. The highest BCUT2D eigenvalue weighted by Crippen LogP contribution is 2.27. The second-order valence-electron chi connectivity index (χ2n) is 4.99. The van der Waals surface area contributed by atoms with Gasteiger partial charge in [-0.05, 0) is 42.8 Å². The van der Waals surface area contributed by atoms with Crippen molar-refractivity contribution in [2.75, 3.05) is 7.11 Å². The van der Waals surface area contributed by atoms with Crippen LogP contribution in [-0.4, -0.2) is 24.2 Å². The third-order valence-electron chi connectivity index (χ3n) is 3.74. The van der Waals surface area contributed by atoms with Gasteiger partial charge in [-0.25, -0.2) is 0 Å². The minimum Gasteiger partial charge on any atom is -0.381 e. The molecule has 3 rings (SSSR count). The molecule has 1 aliphatic carbocycles. The molecule has 1 fully saturated rings. The van der Waals surface area contributed by atoms with Crippen LogP contribution >= 0.6 is 11.3 Å². The van der Waals surface area contributed by atoms with Crippen molar-refractivity contribution in [2.45, 2.75) is 38.0 Å². The van der Waals surface area contributed by atoms with Crippen LogP contribution in [0.4, 0.5) is 0 Å². The van der Waals surface area contributed by atoms with Crippen molar-refractivity contribution in [3.63, 3.8) is 0 Å². The lowest BCUT2D eigenvalue weighted by Crippen LogP contribution is -2.45. The Kier molecular flexibility index (Phi) is 3.33. The minimum absolute atomic E-state index is 0.354. The highest BCUT2D eigenvalue weighted by molar-refractivity contribution is 7.17. The van der Waals surface area contributed by atoms with Crippen LogP contribution in [0, 0.1) is 0 Å². The van der Waals surface area contributed by atoms with Crippen LogP contribution in [0.2, 0.25) is 0 Å². The number of nitrogens with one attached hydrogen (secondary N) is 1. The van der Waals surface area contributed by atoms with Crippen LogP contribution in [0.25, 0.3) is 10.2 Å². The number of nitrogens with zero attached hydrogens (tertiary/aromatic N) is 1. The predicted octanol–water partition coefficient (Wildman–Crippen LogP) is 3.12. The first-order valence-corrected chi connectivity index (χ1v) is 7.26. The van der Waals surface area contributed by atoms with Crippen LogP contribution in [0.15, 0.2) is 23.7 Å². The molecule has 2 aromatic heterocycles. The number of methoxy groups -OCH3 is 1. The van der Waals surface area contributed by atoms with Gasteiger partial charge in [-0.15, -0.1) is 11.3 Å². The normalized spacial score (nSPS) is 25.0. The number of hydrogen-bond donors (Lipinski definition) is 1. The zero-order chi connectivity index (χ0) is 12.5. The van der Waals surface area contributed by atoms with Crippen LogP contribution in [0.3, 0.4) is 0 Å². The monoisotopic (exact) mass is 262 g/mol.